The van der Waals surface area contributed by atoms with Crippen LogP contribution in [0.2, 0.25) is 0 Å². The van der Waals surface area contributed by atoms with Crippen molar-refractivity contribution in [1.29, 1.82) is 5.26 Å². The number of urea groups is 1. The van der Waals surface area contributed by atoms with Gasteiger partial charge >= 0.3 is 12.0 Å². The Morgan fingerprint density at radius 2 is 2.00 bits per heavy atom. The van der Waals surface area contributed by atoms with Crippen molar-refractivity contribution in [3.8, 4) is 6.07 Å². The largest absolute Gasteiger partial charge is 0.480 e. The van der Waals surface area contributed by atoms with Gasteiger partial charge in [-0.3, -0.25) is 4.79 Å². The summed E-state index contributed by atoms with van der Waals surface area (Å²) in [6, 6.07) is -0.0642. The fourth-order valence-electron chi connectivity index (χ4n) is 1.54. The number of carboxylic acids is 1. The van der Waals surface area contributed by atoms with Crippen molar-refractivity contribution in [1.82, 2.24) is 10.2 Å². The number of carbonyl (C=O) groups excluding carboxylic acids is 2. The molecule has 1 atom stereocenters. The van der Waals surface area contributed by atoms with Gasteiger partial charge in [-0.25, -0.2) is 9.59 Å². The Bertz CT molecular complexity index is 403. The molecule has 0 fully saturated rings. The van der Waals surface area contributed by atoms with Gasteiger partial charge in [-0.1, -0.05) is 13.8 Å². The first kappa shape index (κ1) is 17.7. The van der Waals surface area contributed by atoms with Crippen LogP contribution in [-0.4, -0.2) is 47.0 Å². The van der Waals surface area contributed by atoms with Gasteiger partial charge in [0.15, 0.2) is 0 Å². The van der Waals surface area contributed by atoms with Crippen LogP contribution in [0, 0.1) is 17.2 Å². The lowest BCUT2D eigenvalue weighted by Crippen LogP contribution is -2.50. The monoisotopic (exact) mass is 284 g/mol. The van der Waals surface area contributed by atoms with Crippen LogP contribution in [-0.2, 0) is 9.59 Å². The van der Waals surface area contributed by atoms with Crippen LogP contribution in [0.15, 0.2) is 0 Å². The summed E-state index contributed by atoms with van der Waals surface area (Å²) in [6.07, 6.45) is -0.331. The Morgan fingerprint density at radius 3 is 2.40 bits per heavy atom. The molecule has 0 heterocycles. The summed E-state index contributed by atoms with van der Waals surface area (Å²) in [4.78, 5) is 35.0. The Labute approximate surface area is 117 Å². The number of nitrogens with one attached hydrogen (secondary N) is 1. The molecule has 0 unspecified atom stereocenters. The predicted molar refractivity (Wildman–Crippen MR) is 70.4 cm³/mol. The second kappa shape index (κ2) is 8.74. The highest BCUT2D eigenvalue weighted by Gasteiger charge is 2.25. The van der Waals surface area contributed by atoms with E-state index in [0.29, 0.717) is 6.54 Å². The summed E-state index contributed by atoms with van der Waals surface area (Å²) in [5.41, 5.74) is 4.93. The number of nitrogens with two attached hydrogens (primary N) is 1. The number of primary amides is 1. The quantitative estimate of drug-likeness (QED) is 0.571. The van der Waals surface area contributed by atoms with E-state index in [4.69, 9.17) is 16.1 Å². The number of nitrogens with zero attached hydrogens (tertiary/aromatic N) is 2. The standard InChI is InChI=1S/C12H20N4O4/c1-8(2)7-16(5-3-4-13)12(20)15-9(11(18)19)6-10(14)17/h8-9H,3,5-7H2,1-2H3,(H2,14,17)(H,15,20)(H,18,19)/t9-/m1/s1. The van der Waals surface area contributed by atoms with Crippen molar-refractivity contribution < 1.29 is 19.5 Å². The first-order chi connectivity index (χ1) is 9.27. The van der Waals surface area contributed by atoms with E-state index in [1.165, 1.54) is 4.90 Å². The molecule has 4 N–H and O–H groups in total. The molecule has 3 amide bonds. The molecule has 20 heavy (non-hydrogen) atoms. The maximum Gasteiger partial charge on any atom is 0.326 e. The maximum atomic E-state index is 12.0. The lowest BCUT2D eigenvalue weighted by Gasteiger charge is -2.25. The molecule has 8 heteroatoms. The molecule has 0 spiro atoms. The van der Waals surface area contributed by atoms with Crippen molar-refractivity contribution in [2.24, 2.45) is 11.7 Å². The van der Waals surface area contributed by atoms with Crippen LogP contribution in [0.1, 0.15) is 26.7 Å². The zero-order valence-electron chi connectivity index (χ0n) is 11.6. The van der Waals surface area contributed by atoms with Crippen LogP contribution in [0.4, 0.5) is 4.79 Å². The molecule has 0 aromatic carbocycles. The van der Waals surface area contributed by atoms with Crippen molar-refractivity contribution in [2.45, 2.75) is 32.7 Å². The predicted octanol–water partition coefficient (Wildman–Crippen LogP) is -0.104. The third-order valence-corrected chi connectivity index (χ3v) is 2.37. The number of rotatable bonds is 8. The first-order valence-corrected chi connectivity index (χ1v) is 6.21. The summed E-state index contributed by atoms with van der Waals surface area (Å²) >= 11 is 0. The van der Waals surface area contributed by atoms with E-state index in [9.17, 15) is 14.4 Å². The van der Waals surface area contributed by atoms with E-state index in [1.807, 2.05) is 19.9 Å². The smallest absolute Gasteiger partial charge is 0.326 e. The number of nitriles is 1. The van der Waals surface area contributed by atoms with Crippen LogP contribution in [0.5, 0.6) is 0 Å². The van der Waals surface area contributed by atoms with Crippen LogP contribution >= 0.6 is 0 Å². The number of carboxylic acid groups (broad SMARTS) is 1. The Morgan fingerprint density at radius 1 is 1.40 bits per heavy atom. The minimum atomic E-state index is -1.36. The molecule has 8 nitrogen and oxygen atoms in total. The average Bonchev–Trinajstić information content (AvgIpc) is 2.32. The zero-order chi connectivity index (χ0) is 15.7. The summed E-state index contributed by atoms with van der Waals surface area (Å²) in [6.45, 7) is 4.37. The number of aliphatic carboxylic acids is 1. The normalized spacial score (nSPS) is 11.5. The first-order valence-electron chi connectivity index (χ1n) is 6.21. The third kappa shape index (κ3) is 7.20. The van der Waals surface area contributed by atoms with Gasteiger partial charge in [-0.15, -0.1) is 0 Å². The van der Waals surface area contributed by atoms with Crippen LogP contribution < -0.4 is 11.1 Å². The fourth-order valence-corrected chi connectivity index (χ4v) is 1.54. The van der Waals surface area contributed by atoms with Gasteiger partial charge in [0.2, 0.25) is 5.91 Å². The summed E-state index contributed by atoms with van der Waals surface area (Å²) in [5.74, 6) is -1.98. The van der Waals surface area contributed by atoms with Gasteiger partial charge in [0.25, 0.3) is 0 Å². The van der Waals surface area contributed by atoms with Gasteiger partial charge in [-0.2, -0.15) is 5.26 Å². The van der Waals surface area contributed by atoms with Crippen molar-refractivity contribution in [2.75, 3.05) is 13.1 Å². The Hall–Kier alpha value is -2.30. The summed E-state index contributed by atoms with van der Waals surface area (Å²) < 4.78 is 0. The van der Waals surface area contributed by atoms with E-state index in [-0.39, 0.29) is 18.9 Å². The van der Waals surface area contributed by atoms with Gasteiger partial charge in [0.1, 0.15) is 6.04 Å². The summed E-state index contributed by atoms with van der Waals surface area (Å²) in [5, 5.41) is 19.7. The number of hydrogen-bond acceptors (Lipinski definition) is 4. The van der Waals surface area contributed by atoms with E-state index in [1.54, 1.807) is 0 Å². The molecule has 0 rings (SSSR count). The molecule has 0 bridgehead atoms. The van der Waals surface area contributed by atoms with Crippen molar-refractivity contribution in [3.63, 3.8) is 0 Å². The Balaban J connectivity index is 4.73. The van der Waals surface area contributed by atoms with Crippen molar-refractivity contribution in [3.05, 3.63) is 0 Å². The van der Waals surface area contributed by atoms with Gasteiger partial charge in [0.05, 0.1) is 18.9 Å². The average molecular weight is 284 g/mol. The van der Waals surface area contributed by atoms with Crippen molar-refractivity contribution >= 4 is 17.9 Å². The second-order valence-electron chi connectivity index (χ2n) is 4.76. The minimum Gasteiger partial charge on any atom is -0.480 e. The SMILES string of the molecule is CC(C)CN(CCC#N)C(=O)N[C@H](CC(N)=O)C(=O)O. The topological polar surface area (TPSA) is 137 Å². The zero-order valence-corrected chi connectivity index (χ0v) is 11.6. The van der Waals surface area contributed by atoms with E-state index < -0.39 is 30.4 Å². The van der Waals surface area contributed by atoms with Gasteiger partial charge in [-0.05, 0) is 5.92 Å². The van der Waals surface area contributed by atoms with E-state index >= 15 is 0 Å². The molecule has 0 aliphatic rings. The fraction of sp³-hybridized carbons (Fsp3) is 0.667. The highest BCUT2D eigenvalue weighted by Crippen LogP contribution is 2.02. The van der Waals surface area contributed by atoms with E-state index in [2.05, 4.69) is 5.32 Å². The highest BCUT2D eigenvalue weighted by atomic mass is 16.4. The molecule has 0 saturated carbocycles. The molecular weight excluding hydrogens is 264 g/mol. The lowest BCUT2D eigenvalue weighted by atomic mass is 10.2. The Kier molecular flexibility index (Phi) is 7.74. The van der Waals surface area contributed by atoms with Gasteiger partial charge < -0.3 is 21.1 Å². The minimum absolute atomic E-state index is 0.147. The molecule has 0 aliphatic carbocycles. The summed E-state index contributed by atoms with van der Waals surface area (Å²) in [7, 11) is 0. The number of amides is 3. The van der Waals surface area contributed by atoms with E-state index in [0.717, 1.165) is 0 Å². The number of carbonyl (C=O) groups is 3. The van der Waals surface area contributed by atoms with Gasteiger partial charge in [0, 0.05) is 13.1 Å². The second-order valence-corrected chi connectivity index (χ2v) is 4.76. The molecule has 0 aliphatic heterocycles. The molecule has 112 valence electrons. The molecule has 0 saturated heterocycles. The van der Waals surface area contributed by atoms with Crippen LogP contribution in [0.3, 0.4) is 0 Å². The third-order valence-electron chi connectivity index (χ3n) is 2.37. The molecule has 0 aromatic rings. The molecule has 0 aromatic heterocycles. The number of hydrogen-bond donors (Lipinski definition) is 3. The van der Waals surface area contributed by atoms with Crippen LogP contribution in [0.25, 0.3) is 0 Å². The molecule has 0 radical (unpaired) electrons. The lowest BCUT2D eigenvalue weighted by molar-refractivity contribution is -0.140. The molecular formula is C12H20N4O4. The highest BCUT2D eigenvalue weighted by molar-refractivity contribution is 5.87. The maximum absolute atomic E-state index is 12.0.